The van der Waals surface area contributed by atoms with Gasteiger partial charge < -0.3 is 4.74 Å². The first kappa shape index (κ1) is 18.7. The van der Waals surface area contributed by atoms with Crippen molar-refractivity contribution in [2.45, 2.75) is 50.5 Å². The van der Waals surface area contributed by atoms with Crippen molar-refractivity contribution >= 4 is 12.0 Å². The summed E-state index contributed by atoms with van der Waals surface area (Å²) in [5.41, 5.74) is 1.38. The summed E-state index contributed by atoms with van der Waals surface area (Å²) in [5.74, 6) is 0.127. The van der Waals surface area contributed by atoms with Gasteiger partial charge in [-0.1, -0.05) is 73.5 Å². The minimum Gasteiger partial charge on any atom is -0.447 e. The third kappa shape index (κ3) is 3.32. The molecular formula is C24H27NO3. The minimum absolute atomic E-state index is 0.117. The van der Waals surface area contributed by atoms with Gasteiger partial charge in [-0.2, -0.15) is 0 Å². The standard InChI is InChI=1S/C24H27NO3/c1-24(20-14-8-9-15-20,19-12-6-3-7-13-19)22(26)25-21(17-28-23(25)27)16-18-10-4-2-5-11-18/h2-7,10-13,20-21H,8-9,14-17H2,1H3/t21-,24-/m1/s1. The van der Waals surface area contributed by atoms with E-state index in [9.17, 15) is 9.59 Å². The molecule has 2 amide bonds. The Balaban J connectivity index is 1.67. The van der Waals surface area contributed by atoms with Gasteiger partial charge in [0.15, 0.2) is 0 Å². The average Bonchev–Trinajstić information content (AvgIpc) is 3.39. The van der Waals surface area contributed by atoms with Crippen molar-refractivity contribution in [3.63, 3.8) is 0 Å². The number of cyclic esters (lactones) is 1. The van der Waals surface area contributed by atoms with Crippen LogP contribution in [0.4, 0.5) is 4.79 Å². The quantitative estimate of drug-likeness (QED) is 0.757. The first-order valence-electron chi connectivity index (χ1n) is 10.2. The zero-order valence-corrected chi connectivity index (χ0v) is 16.3. The van der Waals surface area contributed by atoms with Gasteiger partial charge in [-0.15, -0.1) is 0 Å². The van der Waals surface area contributed by atoms with Crippen LogP contribution in [0, 0.1) is 5.92 Å². The maximum atomic E-state index is 13.9. The maximum absolute atomic E-state index is 13.9. The van der Waals surface area contributed by atoms with E-state index in [1.165, 1.54) is 4.90 Å². The van der Waals surface area contributed by atoms with Crippen molar-refractivity contribution < 1.29 is 14.3 Å². The molecule has 0 radical (unpaired) electrons. The van der Waals surface area contributed by atoms with Crippen LogP contribution in [-0.2, 0) is 21.4 Å². The van der Waals surface area contributed by atoms with Crippen molar-refractivity contribution in [1.29, 1.82) is 0 Å². The fourth-order valence-electron chi connectivity index (χ4n) is 4.82. The van der Waals surface area contributed by atoms with Crippen LogP contribution >= 0.6 is 0 Å². The molecule has 1 saturated heterocycles. The zero-order valence-electron chi connectivity index (χ0n) is 16.3. The minimum atomic E-state index is -0.712. The lowest BCUT2D eigenvalue weighted by Gasteiger charge is -2.38. The number of carbonyl (C=O) groups is 2. The molecule has 4 heteroatoms. The van der Waals surface area contributed by atoms with Gasteiger partial charge >= 0.3 is 6.09 Å². The summed E-state index contributed by atoms with van der Waals surface area (Å²) in [4.78, 5) is 27.9. The van der Waals surface area contributed by atoms with E-state index in [1.54, 1.807) is 0 Å². The molecule has 1 heterocycles. The highest BCUT2D eigenvalue weighted by atomic mass is 16.6. The molecule has 146 valence electrons. The van der Waals surface area contributed by atoms with Crippen LogP contribution in [0.2, 0.25) is 0 Å². The molecule has 0 aromatic heterocycles. The van der Waals surface area contributed by atoms with Gasteiger partial charge in [-0.3, -0.25) is 4.79 Å². The van der Waals surface area contributed by atoms with E-state index >= 15 is 0 Å². The number of nitrogens with zero attached hydrogens (tertiary/aromatic N) is 1. The van der Waals surface area contributed by atoms with Gasteiger partial charge in [0.05, 0.1) is 11.5 Å². The Kier molecular flexibility index (Phi) is 5.21. The van der Waals surface area contributed by atoms with Gasteiger partial charge in [-0.05, 0) is 43.2 Å². The Bertz CT molecular complexity index is 829. The van der Waals surface area contributed by atoms with E-state index in [-0.39, 0.29) is 24.5 Å². The Hall–Kier alpha value is -2.62. The van der Waals surface area contributed by atoms with Crippen molar-refractivity contribution in [2.75, 3.05) is 6.61 Å². The molecule has 1 aliphatic heterocycles. The average molecular weight is 377 g/mol. The molecule has 2 atom stereocenters. The molecule has 0 N–H and O–H groups in total. The lowest BCUT2D eigenvalue weighted by Crippen LogP contribution is -2.52. The van der Waals surface area contributed by atoms with Gasteiger partial charge in [-0.25, -0.2) is 9.69 Å². The van der Waals surface area contributed by atoms with Gasteiger partial charge in [0.2, 0.25) is 5.91 Å². The fraction of sp³-hybridized carbons (Fsp3) is 0.417. The van der Waals surface area contributed by atoms with E-state index in [0.29, 0.717) is 6.42 Å². The number of rotatable bonds is 5. The molecule has 0 unspecified atom stereocenters. The maximum Gasteiger partial charge on any atom is 0.417 e. The van der Waals surface area contributed by atoms with Gasteiger partial charge in [0.1, 0.15) is 6.61 Å². The highest BCUT2D eigenvalue weighted by molar-refractivity contribution is 5.99. The van der Waals surface area contributed by atoms with E-state index in [1.807, 2.05) is 67.6 Å². The highest BCUT2D eigenvalue weighted by Gasteiger charge is 2.51. The molecule has 0 spiro atoms. The predicted molar refractivity (Wildman–Crippen MR) is 108 cm³/mol. The molecule has 28 heavy (non-hydrogen) atoms. The van der Waals surface area contributed by atoms with E-state index < -0.39 is 11.5 Å². The summed E-state index contributed by atoms with van der Waals surface area (Å²) < 4.78 is 5.33. The highest BCUT2D eigenvalue weighted by Crippen LogP contribution is 2.44. The van der Waals surface area contributed by atoms with Crippen LogP contribution in [0.5, 0.6) is 0 Å². The SMILES string of the molecule is C[C@@](C(=O)N1C(=O)OC[C@H]1Cc1ccccc1)(c1ccccc1)C1CCCC1. The fourth-order valence-corrected chi connectivity index (χ4v) is 4.82. The molecule has 2 fully saturated rings. The van der Waals surface area contributed by atoms with Crippen LogP contribution in [0.25, 0.3) is 0 Å². The molecule has 1 saturated carbocycles. The van der Waals surface area contributed by atoms with Crippen molar-refractivity contribution in [1.82, 2.24) is 4.90 Å². The summed E-state index contributed by atoms with van der Waals surface area (Å²) >= 11 is 0. The number of hydrogen-bond donors (Lipinski definition) is 0. The van der Waals surface area contributed by atoms with E-state index in [0.717, 1.165) is 36.8 Å². The van der Waals surface area contributed by atoms with E-state index in [2.05, 4.69) is 0 Å². The zero-order chi connectivity index (χ0) is 19.6. The van der Waals surface area contributed by atoms with Crippen LogP contribution in [0.1, 0.15) is 43.7 Å². The summed E-state index contributed by atoms with van der Waals surface area (Å²) in [6.07, 6.45) is 4.42. The van der Waals surface area contributed by atoms with Gasteiger partial charge in [0, 0.05) is 0 Å². The summed E-state index contributed by atoms with van der Waals surface area (Å²) in [6.45, 7) is 2.28. The number of imide groups is 1. The van der Waals surface area contributed by atoms with Crippen molar-refractivity contribution in [3.05, 3.63) is 71.8 Å². The third-order valence-corrected chi connectivity index (χ3v) is 6.48. The normalized spacial score (nSPS) is 22.1. The largest absolute Gasteiger partial charge is 0.447 e. The van der Waals surface area contributed by atoms with Gasteiger partial charge in [0.25, 0.3) is 0 Å². The molecule has 4 nitrogen and oxygen atoms in total. The van der Waals surface area contributed by atoms with Crippen LogP contribution in [0.15, 0.2) is 60.7 Å². The Labute approximate surface area is 166 Å². The second-order valence-electron chi connectivity index (χ2n) is 8.15. The summed E-state index contributed by atoms with van der Waals surface area (Å²) in [5, 5.41) is 0. The number of carbonyl (C=O) groups excluding carboxylic acids is 2. The smallest absolute Gasteiger partial charge is 0.417 e. The van der Waals surface area contributed by atoms with E-state index in [4.69, 9.17) is 4.74 Å². The Morgan fingerprint density at radius 3 is 2.29 bits per heavy atom. The molecule has 2 aromatic rings. The first-order valence-corrected chi connectivity index (χ1v) is 10.2. The molecule has 0 bridgehead atoms. The molecule has 4 rings (SSSR count). The van der Waals surface area contributed by atoms with Crippen LogP contribution < -0.4 is 0 Å². The topological polar surface area (TPSA) is 46.6 Å². The Morgan fingerprint density at radius 1 is 1.04 bits per heavy atom. The molecular weight excluding hydrogens is 350 g/mol. The predicted octanol–water partition coefficient (Wildman–Crippen LogP) is 4.72. The number of ether oxygens (including phenoxy) is 1. The lowest BCUT2D eigenvalue weighted by molar-refractivity contribution is -0.136. The number of amides is 2. The Morgan fingerprint density at radius 2 is 1.64 bits per heavy atom. The monoisotopic (exact) mass is 377 g/mol. The van der Waals surface area contributed by atoms with Crippen LogP contribution in [-0.4, -0.2) is 29.5 Å². The molecule has 1 aliphatic carbocycles. The molecule has 2 aliphatic rings. The lowest BCUT2D eigenvalue weighted by atomic mass is 9.69. The first-order chi connectivity index (χ1) is 13.6. The van der Waals surface area contributed by atoms with Crippen molar-refractivity contribution in [2.24, 2.45) is 5.92 Å². The molecule has 2 aromatic carbocycles. The number of benzene rings is 2. The summed E-state index contributed by atoms with van der Waals surface area (Å²) in [7, 11) is 0. The third-order valence-electron chi connectivity index (χ3n) is 6.48. The van der Waals surface area contributed by atoms with Crippen molar-refractivity contribution in [3.8, 4) is 0 Å². The second kappa shape index (κ2) is 7.78. The number of hydrogen-bond acceptors (Lipinski definition) is 3. The second-order valence-corrected chi connectivity index (χ2v) is 8.15. The van der Waals surface area contributed by atoms with Crippen LogP contribution in [0.3, 0.4) is 0 Å². The summed E-state index contributed by atoms with van der Waals surface area (Å²) in [6, 6.07) is 19.7.